The summed E-state index contributed by atoms with van der Waals surface area (Å²) in [5, 5.41) is 3.15. The predicted octanol–water partition coefficient (Wildman–Crippen LogP) is -0.0318. The fourth-order valence-electron chi connectivity index (χ4n) is 1.43. The molecule has 0 bridgehead atoms. The molecule has 0 aromatic carbocycles. The number of nitrogens with one attached hydrogen (secondary N) is 1. The summed E-state index contributed by atoms with van der Waals surface area (Å²) in [6, 6.07) is 5.81. The Balaban J connectivity index is 1.80. The van der Waals surface area contributed by atoms with E-state index in [0.717, 1.165) is 5.69 Å². The van der Waals surface area contributed by atoms with Crippen LogP contribution in [0.2, 0.25) is 0 Å². The van der Waals surface area contributed by atoms with Gasteiger partial charge in [0.15, 0.2) is 9.84 Å². The minimum atomic E-state index is -2.72. The van der Waals surface area contributed by atoms with E-state index in [1.165, 1.54) is 0 Å². The van der Waals surface area contributed by atoms with E-state index < -0.39 is 9.84 Å². The van der Waals surface area contributed by atoms with E-state index in [9.17, 15) is 8.42 Å². The van der Waals surface area contributed by atoms with Crippen molar-refractivity contribution in [1.82, 2.24) is 10.3 Å². The Morgan fingerprint density at radius 2 is 2.21 bits per heavy atom. The molecular weight excluding hydrogens is 200 g/mol. The van der Waals surface area contributed by atoms with E-state index in [2.05, 4.69) is 10.3 Å². The maximum atomic E-state index is 10.9. The smallest absolute Gasteiger partial charge is 0.153 e. The molecule has 1 aromatic heterocycles. The predicted molar refractivity (Wildman–Crippen MR) is 53.5 cm³/mol. The summed E-state index contributed by atoms with van der Waals surface area (Å²) >= 11 is 0. The molecule has 0 radical (unpaired) electrons. The van der Waals surface area contributed by atoms with E-state index in [4.69, 9.17) is 0 Å². The highest BCUT2D eigenvalue weighted by molar-refractivity contribution is 7.92. The lowest BCUT2D eigenvalue weighted by molar-refractivity contribution is 0.509. The topological polar surface area (TPSA) is 59.1 Å². The molecule has 0 aliphatic carbocycles. The standard InChI is InChI=1S/C9H12N2O2S/c12-14(13)6-9(7-14)11-5-8-3-1-2-4-10-8/h1-4,9,11H,5-7H2. The third kappa shape index (κ3) is 2.30. The Morgan fingerprint density at radius 3 is 2.79 bits per heavy atom. The van der Waals surface area contributed by atoms with Crippen molar-refractivity contribution >= 4 is 9.84 Å². The van der Waals surface area contributed by atoms with Crippen molar-refractivity contribution in [3.8, 4) is 0 Å². The molecule has 1 saturated heterocycles. The third-order valence-corrected chi connectivity index (χ3v) is 4.03. The monoisotopic (exact) mass is 212 g/mol. The SMILES string of the molecule is O=S1(=O)CC(NCc2ccccn2)C1. The van der Waals surface area contributed by atoms with Gasteiger partial charge in [-0.05, 0) is 12.1 Å². The van der Waals surface area contributed by atoms with Crippen LogP contribution in [0.1, 0.15) is 5.69 Å². The molecule has 1 N–H and O–H groups in total. The van der Waals surface area contributed by atoms with Gasteiger partial charge in [-0.3, -0.25) is 4.98 Å². The zero-order valence-corrected chi connectivity index (χ0v) is 8.50. The zero-order valence-electron chi connectivity index (χ0n) is 7.68. The second kappa shape index (κ2) is 3.67. The van der Waals surface area contributed by atoms with Gasteiger partial charge < -0.3 is 5.32 Å². The first-order valence-electron chi connectivity index (χ1n) is 4.49. The van der Waals surface area contributed by atoms with Gasteiger partial charge in [-0.2, -0.15) is 0 Å². The Bertz CT molecular complexity index is 390. The van der Waals surface area contributed by atoms with Crippen LogP contribution in [0, 0.1) is 0 Å². The summed E-state index contributed by atoms with van der Waals surface area (Å²) in [6.07, 6.45) is 1.73. The fraction of sp³-hybridized carbons (Fsp3) is 0.444. The molecule has 0 unspecified atom stereocenters. The Morgan fingerprint density at radius 1 is 1.43 bits per heavy atom. The molecule has 0 saturated carbocycles. The van der Waals surface area contributed by atoms with Crippen LogP contribution < -0.4 is 5.32 Å². The molecule has 76 valence electrons. The van der Waals surface area contributed by atoms with Crippen molar-refractivity contribution in [2.45, 2.75) is 12.6 Å². The molecule has 0 spiro atoms. The first kappa shape index (κ1) is 9.61. The lowest BCUT2D eigenvalue weighted by Crippen LogP contribution is -2.50. The van der Waals surface area contributed by atoms with Gasteiger partial charge in [0, 0.05) is 18.8 Å². The normalized spacial score (nSPS) is 20.3. The van der Waals surface area contributed by atoms with Crippen molar-refractivity contribution in [2.24, 2.45) is 0 Å². The van der Waals surface area contributed by atoms with Gasteiger partial charge in [-0.25, -0.2) is 8.42 Å². The van der Waals surface area contributed by atoms with E-state index >= 15 is 0 Å². The number of sulfone groups is 1. The zero-order chi connectivity index (χ0) is 10.0. The summed E-state index contributed by atoms with van der Waals surface area (Å²) in [5.74, 6) is 0.527. The molecular formula is C9H12N2O2S. The van der Waals surface area contributed by atoms with E-state index in [0.29, 0.717) is 6.54 Å². The highest BCUT2D eigenvalue weighted by Gasteiger charge is 2.32. The van der Waals surface area contributed by atoms with Crippen LogP contribution in [0.3, 0.4) is 0 Å². The van der Waals surface area contributed by atoms with Gasteiger partial charge >= 0.3 is 0 Å². The van der Waals surface area contributed by atoms with Crippen molar-refractivity contribution in [3.63, 3.8) is 0 Å². The fourth-order valence-corrected chi connectivity index (χ4v) is 2.80. The summed E-state index contributed by atoms with van der Waals surface area (Å²) in [6.45, 7) is 0.640. The van der Waals surface area contributed by atoms with E-state index in [-0.39, 0.29) is 17.5 Å². The molecule has 0 amide bonds. The van der Waals surface area contributed by atoms with Gasteiger partial charge in [0.05, 0.1) is 17.2 Å². The second-order valence-corrected chi connectivity index (χ2v) is 5.63. The Hall–Kier alpha value is -0.940. The summed E-state index contributed by atoms with van der Waals surface area (Å²) in [5.41, 5.74) is 0.941. The van der Waals surface area contributed by atoms with Crippen LogP contribution in [0.5, 0.6) is 0 Å². The molecule has 5 heteroatoms. The Labute approximate surface area is 83.3 Å². The third-order valence-electron chi connectivity index (χ3n) is 2.21. The number of hydrogen-bond acceptors (Lipinski definition) is 4. The van der Waals surface area contributed by atoms with Crippen molar-refractivity contribution in [1.29, 1.82) is 0 Å². The largest absolute Gasteiger partial charge is 0.306 e. The Kier molecular flexibility index (Phi) is 2.52. The van der Waals surface area contributed by atoms with Crippen LogP contribution in [-0.2, 0) is 16.4 Å². The number of hydrogen-bond donors (Lipinski definition) is 1. The van der Waals surface area contributed by atoms with E-state index in [1.807, 2.05) is 18.2 Å². The molecule has 2 rings (SSSR count). The quantitative estimate of drug-likeness (QED) is 0.764. The van der Waals surface area contributed by atoms with Crippen LogP contribution in [0.4, 0.5) is 0 Å². The molecule has 2 heterocycles. The summed E-state index contributed by atoms with van der Waals surface area (Å²) in [7, 11) is -2.72. The molecule has 1 aliphatic rings. The average molecular weight is 212 g/mol. The molecule has 14 heavy (non-hydrogen) atoms. The highest BCUT2D eigenvalue weighted by atomic mass is 32.2. The van der Waals surface area contributed by atoms with Gasteiger partial charge in [0.25, 0.3) is 0 Å². The first-order valence-corrected chi connectivity index (χ1v) is 6.31. The summed E-state index contributed by atoms with van der Waals surface area (Å²) in [4.78, 5) is 4.13. The number of rotatable bonds is 3. The van der Waals surface area contributed by atoms with Gasteiger partial charge in [0.1, 0.15) is 0 Å². The molecule has 1 aliphatic heterocycles. The molecule has 1 aromatic rings. The second-order valence-electron chi connectivity index (χ2n) is 3.48. The van der Waals surface area contributed by atoms with Crippen LogP contribution >= 0.6 is 0 Å². The van der Waals surface area contributed by atoms with Crippen LogP contribution in [0.15, 0.2) is 24.4 Å². The highest BCUT2D eigenvalue weighted by Crippen LogP contribution is 2.10. The minimum absolute atomic E-state index is 0.113. The molecule has 0 atom stereocenters. The van der Waals surface area contributed by atoms with E-state index in [1.54, 1.807) is 6.20 Å². The number of nitrogens with zero attached hydrogens (tertiary/aromatic N) is 1. The number of aromatic nitrogens is 1. The summed E-state index contributed by atoms with van der Waals surface area (Å²) < 4.78 is 21.7. The van der Waals surface area contributed by atoms with Crippen molar-refractivity contribution in [2.75, 3.05) is 11.5 Å². The van der Waals surface area contributed by atoms with Crippen LogP contribution in [-0.4, -0.2) is 30.9 Å². The van der Waals surface area contributed by atoms with Gasteiger partial charge in [0.2, 0.25) is 0 Å². The van der Waals surface area contributed by atoms with Gasteiger partial charge in [-0.1, -0.05) is 6.07 Å². The lowest BCUT2D eigenvalue weighted by Gasteiger charge is -2.26. The minimum Gasteiger partial charge on any atom is -0.306 e. The average Bonchev–Trinajstić information content (AvgIpc) is 2.13. The maximum Gasteiger partial charge on any atom is 0.153 e. The van der Waals surface area contributed by atoms with Crippen molar-refractivity contribution < 1.29 is 8.42 Å². The van der Waals surface area contributed by atoms with Gasteiger partial charge in [-0.15, -0.1) is 0 Å². The lowest BCUT2D eigenvalue weighted by atomic mass is 10.3. The maximum absolute atomic E-state index is 10.9. The first-order chi connectivity index (χ1) is 6.66. The van der Waals surface area contributed by atoms with Crippen LogP contribution in [0.25, 0.3) is 0 Å². The van der Waals surface area contributed by atoms with Crippen molar-refractivity contribution in [3.05, 3.63) is 30.1 Å². The number of pyridine rings is 1. The molecule has 1 fully saturated rings. The molecule has 4 nitrogen and oxygen atoms in total.